The largest absolute Gasteiger partial charge is 0.420 e. The van der Waals surface area contributed by atoms with Crippen molar-refractivity contribution in [2.24, 2.45) is 7.05 Å². The number of hydrogen-bond donors (Lipinski definition) is 0. The SMILES string of the molecule is Cn1c(SCc2nnc(-c3ccc(Cl)cc3)o2)nc2sccc2c1=O. The van der Waals surface area contributed by atoms with Gasteiger partial charge in [0, 0.05) is 17.6 Å². The van der Waals surface area contributed by atoms with Crippen LogP contribution < -0.4 is 5.56 Å². The highest BCUT2D eigenvalue weighted by Crippen LogP contribution is 2.25. The van der Waals surface area contributed by atoms with Crippen LogP contribution in [0.4, 0.5) is 0 Å². The molecule has 0 unspecified atom stereocenters. The van der Waals surface area contributed by atoms with Crippen molar-refractivity contribution in [3.63, 3.8) is 0 Å². The number of aromatic nitrogens is 4. The second kappa shape index (κ2) is 6.62. The maximum absolute atomic E-state index is 12.3. The molecule has 0 aliphatic rings. The first-order chi connectivity index (χ1) is 12.1. The molecule has 0 saturated heterocycles. The average Bonchev–Trinajstić information content (AvgIpc) is 3.27. The van der Waals surface area contributed by atoms with E-state index in [9.17, 15) is 4.79 Å². The standard InChI is InChI=1S/C16H11ClN4O2S2/c1-21-15(22)11-6-7-24-14(11)18-16(21)25-8-12-19-20-13(23-12)9-2-4-10(17)5-3-9/h2-7H,8H2,1H3. The Morgan fingerprint density at radius 1 is 1.24 bits per heavy atom. The number of nitrogens with zero attached hydrogens (tertiary/aromatic N) is 4. The normalized spacial score (nSPS) is 11.3. The monoisotopic (exact) mass is 390 g/mol. The van der Waals surface area contributed by atoms with Crippen molar-refractivity contribution in [1.82, 2.24) is 19.7 Å². The minimum atomic E-state index is -0.0545. The van der Waals surface area contributed by atoms with E-state index in [0.29, 0.717) is 33.1 Å². The predicted octanol–water partition coefficient (Wildman–Crippen LogP) is 3.99. The quantitative estimate of drug-likeness (QED) is 0.387. The third-order valence-corrected chi connectivity index (χ3v) is 5.62. The summed E-state index contributed by atoms with van der Waals surface area (Å²) in [6.45, 7) is 0. The van der Waals surface area contributed by atoms with Crippen molar-refractivity contribution in [1.29, 1.82) is 0 Å². The Bertz CT molecular complexity index is 1100. The summed E-state index contributed by atoms with van der Waals surface area (Å²) in [5.41, 5.74) is 0.750. The van der Waals surface area contributed by atoms with Crippen molar-refractivity contribution in [3.05, 3.63) is 57.0 Å². The smallest absolute Gasteiger partial charge is 0.262 e. The first kappa shape index (κ1) is 16.3. The van der Waals surface area contributed by atoms with Gasteiger partial charge in [-0.25, -0.2) is 4.98 Å². The van der Waals surface area contributed by atoms with E-state index < -0.39 is 0 Å². The van der Waals surface area contributed by atoms with Gasteiger partial charge in [0.15, 0.2) is 5.16 Å². The molecule has 0 saturated carbocycles. The first-order valence-corrected chi connectivity index (χ1v) is 9.51. The van der Waals surface area contributed by atoms with E-state index in [4.69, 9.17) is 16.0 Å². The molecule has 0 spiro atoms. The molecule has 0 aliphatic carbocycles. The van der Waals surface area contributed by atoms with Gasteiger partial charge in [-0.05, 0) is 35.7 Å². The van der Waals surface area contributed by atoms with Crippen LogP contribution in [-0.4, -0.2) is 19.7 Å². The fourth-order valence-electron chi connectivity index (χ4n) is 2.26. The highest BCUT2D eigenvalue weighted by Gasteiger charge is 2.13. The molecule has 0 amide bonds. The lowest BCUT2D eigenvalue weighted by Gasteiger charge is -2.05. The molecule has 0 atom stereocenters. The fourth-order valence-corrected chi connectivity index (χ4v) is 4.00. The van der Waals surface area contributed by atoms with E-state index in [1.807, 2.05) is 17.5 Å². The minimum Gasteiger partial charge on any atom is -0.420 e. The topological polar surface area (TPSA) is 73.8 Å². The van der Waals surface area contributed by atoms with Crippen LogP contribution >= 0.6 is 34.7 Å². The number of fused-ring (bicyclic) bond motifs is 1. The lowest BCUT2D eigenvalue weighted by molar-refractivity contribution is 0.528. The Morgan fingerprint density at radius 2 is 2.04 bits per heavy atom. The number of rotatable bonds is 4. The molecule has 0 fully saturated rings. The highest BCUT2D eigenvalue weighted by molar-refractivity contribution is 7.98. The fraction of sp³-hybridized carbons (Fsp3) is 0.125. The summed E-state index contributed by atoms with van der Waals surface area (Å²) in [5.74, 6) is 1.33. The van der Waals surface area contributed by atoms with Crippen molar-refractivity contribution >= 4 is 44.9 Å². The van der Waals surface area contributed by atoms with Crippen LogP contribution in [0.25, 0.3) is 21.7 Å². The van der Waals surface area contributed by atoms with Crippen molar-refractivity contribution in [3.8, 4) is 11.5 Å². The zero-order valence-electron chi connectivity index (χ0n) is 13.0. The Morgan fingerprint density at radius 3 is 2.84 bits per heavy atom. The predicted molar refractivity (Wildman–Crippen MR) is 99.2 cm³/mol. The van der Waals surface area contributed by atoms with Crippen LogP contribution in [0.2, 0.25) is 5.02 Å². The molecule has 0 N–H and O–H groups in total. The lowest BCUT2D eigenvalue weighted by Crippen LogP contribution is -2.19. The number of thiophene rings is 1. The molecular formula is C16H11ClN4O2S2. The van der Waals surface area contributed by atoms with Gasteiger partial charge >= 0.3 is 0 Å². The van der Waals surface area contributed by atoms with E-state index in [-0.39, 0.29) is 5.56 Å². The summed E-state index contributed by atoms with van der Waals surface area (Å²) in [4.78, 5) is 17.6. The molecule has 6 nitrogen and oxygen atoms in total. The molecule has 0 radical (unpaired) electrons. The highest BCUT2D eigenvalue weighted by atomic mass is 35.5. The summed E-state index contributed by atoms with van der Waals surface area (Å²) < 4.78 is 7.21. The molecule has 3 heterocycles. The summed E-state index contributed by atoms with van der Waals surface area (Å²) in [7, 11) is 1.71. The van der Waals surface area contributed by atoms with Gasteiger partial charge in [-0.3, -0.25) is 9.36 Å². The van der Waals surface area contributed by atoms with Gasteiger partial charge in [-0.15, -0.1) is 21.5 Å². The first-order valence-electron chi connectivity index (χ1n) is 7.27. The van der Waals surface area contributed by atoms with Gasteiger partial charge in [0.05, 0.1) is 11.1 Å². The summed E-state index contributed by atoms with van der Waals surface area (Å²) in [6, 6.07) is 8.97. The Kier molecular flexibility index (Phi) is 4.32. The van der Waals surface area contributed by atoms with E-state index in [0.717, 1.165) is 10.4 Å². The Hall–Kier alpha value is -2.16. The molecule has 9 heteroatoms. The zero-order valence-corrected chi connectivity index (χ0v) is 15.4. The second-order valence-corrected chi connectivity index (χ2v) is 7.47. The van der Waals surface area contributed by atoms with Crippen LogP contribution in [-0.2, 0) is 12.8 Å². The summed E-state index contributed by atoms with van der Waals surface area (Å²) in [6.07, 6.45) is 0. The van der Waals surface area contributed by atoms with Gasteiger partial charge in [0.1, 0.15) is 4.83 Å². The molecule has 0 aliphatic heterocycles. The molecule has 4 aromatic rings. The number of hydrogen-bond acceptors (Lipinski definition) is 7. The molecule has 25 heavy (non-hydrogen) atoms. The van der Waals surface area contributed by atoms with Gasteiger partial charge in [-0.2, -0.15) is 0 Å². The van der Waals surface area contributed by atoms with Crippen LogP contribution in [0.15, 0.2) is 50.1 Å². The van der Waals surface area contributed by atoms with Crippen LogP contribution in [0, 0.1) is 0 Å². The van der Waals surface area contributed by atoms with Gasteiger partial charge < -0.3 is 4.42 Å². The minimum absolute atomic E-state index is 0.0545. The third kappa shape index (κ3) is 3.20. The van der Waals surface area contributed by atoms with Crippen LogP contribution in [0.3, 0.4) is 0 Å². The van der Waals surface area contributed by atoms with Crippen molar-refractivity contribution < 1.29 is 4.42 Å². The van der Waals surface area contributed by atoms with Gasteiger partial charge in [0.2, 0.25) is 11.8 Å². The van der Waals surface area contributed by atoms with E-state index in [2.05, 4.69) is 15.2 Å². The van der Waals surface area contributed by atoms with E-state index in [1.165, 1.54) is 27.7 Å². The van der Waals surface area contributed by atoms with E-state index in [1.54, 1.807) is 25.2 Å². The average molecular weight is 391 g/mol. The molecule has 126 valence electrons. The maximum atomic E-state index is 12.3. The lowest BCUT2D eigenvalue weighted by atomic mass is 10.2. The zero-order chi connectivity index (χ0) is 17.4. The Balaban J connectivity index is 1.55. The third-order valence-electron chi connectivity index (χ3n) is 3.55. The summed E-state index contributed by atoms with van der Waals surface area (Å²) in [5, 5.41) is 11.9. The van der Waals surface area contributed by atoms with Crippen molar-refractivity contribution in [2.75, 3.05) is 0 Å². The molecule has 1 aromatic carbocycles. The van der Waals surface area contributed by atoms with Crippen LogP contribution in [0.5, 0.6) is 0 Å². The second-order valence-electron chi connectivity index (χ2n) is 5.19. The van der Waals surface area contributed by atoms with Gasteiger partial charge in [-0.1, -0.05) is 23.4 Å². The number of thioether (sulfide) groups is 1. The molecular weight excluding hydrogens is 380 g/mol. The van der Waals surface area contributed by atoms with Gasteiger partial charge in [0.25, 0.3) is 5.56 Å². The Labute approximate surface area is 155 Å². The number of halogens is 1. The molecule has 3 aromatic heterocycles. The van der Waals surface area contributed by atoms with Crippen LogP contribution in [0.1, 0.15) is 5.89 Å². The summed E-state index contributed by atoms with van der Waals surface area (Å²) >= 11 is 8.71. The van der Waals surface area contributed by atoms with E-state index >= 15 is 0 Å². The molecule has 0 bridgehead atoms. The van der Waals surface area contributed by atoms with Crippen molar-refractivity contribution in [2.45, 2.75) is 10.9 Å². The maximum Gasteiger partial charge on any atom is 0.262 e. The number of benzene rings is 1. The molecule has 4 rings (SSSR count).